The maximum Gasteiger partial charge on any atom is 0.337 e. The summed E-state index contributed by atoms with van der Waals surface area (Å²) in [7, 11) is 1.22. The van der Waals surface area contributed by atoms with E-state index in [2.05, 4.69) is 10.1 Å². The fourth-order valence-electron chi connectivity index (χ4n) is 1.96. The first-order valence-electron chi connectivity index (χ1n) is 6.01. The first-order valence-corrected chi connectivity index (χ1v) is 6.01. The van der Waals surface area contributed by atoms with Gasteiger partial charge in [-0.05, 0) is 12.1 Å². The zero-order chi connectivity index (χ0) is 15.4. The quantitative estimate of drug-likeness (QED) is 0.381. The molecule has 1 aliphatic heterocycles. The summed E-state index contributed by atoms with van der Waals surface area (Å²) >= 11 is 0. The molecule has 0 saturated carbocycles. The predicted octanol–water partition coefficient (Wildman–Crippen LogP) is 0.950. The minimum absolute atomic E-state index is 0.117. The summed E-state index contributed by atoms with van der Waals surface area (Å²) in [5.41, 5.74) is 0.417. The number of hydrogen-bond donors (Lipinski definition) is 1. The van der Waals surface area contributed by atoms with Crippen LogP contribution < -0.4 is 5.32 Å². The number of esters is 1. The van der Waals surface area contributed by atoms with Crippen molar-refractivity contribution in [2.24, 2.45) is 0 Å². The Hall–Kier alpha value is -2.70. The Labute approximate surface area is 119 Å². The molecule has 0 aliphatic carbocycles. The molecule has 0 amide bonds. The van der Waals surface area contributed by atoms with E-state index in [4.69, 9.17) is 4.74 Å². The Morgan fingerprint density at radius 3 is 2.95 bits per heavy atom. The molecule has 21 heavy (non-hydrogen) atoms. The molecule has 1 N–H and O–H groups in total. The van der Waals surface area contributed by atoms with Crippen molar-refractivity contribution in [3.63, 3.8) is 0 Å². The number of nitro benzene ring substituents is 1. The van der Waals surface area contributed by atoms with Crippen LogP contribution in [0, 0.1) is 10.1 Å². The molecule has 1 atom stereocenters. The van der Waals surface area contributed by atoms with Gasteiger partial charge in [0.1, 0.15) is 11.6 Å². The second kappa shape index (κ2) is 6.17. The van der Waals surface area contributed by atoms with Crippen LogP contribution in [-0.4, -0.2) is 43.2 Å². The van der Waals surface area contributed by atoms with Crippen molar-refractivity contribution in [3.05, 3.63) is 39.4 Å². The maximum absolute atomic E-state index is 11.5. The third-order valence-electron chi connectivity index (χ3n) is 3.04. The number of nitrogens with one attached hydrogen (secondary N) is 1. The van der Waals surface area contributed by atoms with Gasteiger partial charge in [-0.25, -0.2) is 9.59 Å². The Morgan fingerprint density at radius 1 is 1.57 bits per heavy atom. The molecule has 8 nitrogen and oxygen atoms in total. The summed E-state index contributed by atoms with van der Waals surface area (Å²) in [6.07, 6.45) is 0. The summed E-state index contributed by atoms with van der Waals surface area (Å²) in [5, 5.41) is 13.9. The number of methoxy groups -OCH3 is 1. The van der Waals surface area contributed by atoms with Crippen LogP contribution in [0.15, 0.2) is 23.8 Å². The average molecular weight is 292 g/mol. The highest BCUT2D eigenvalue weighted by molar-refractivity contribution is 5.91. The summed E-state index contributed by atoms with van der Waals surface area (Å²) in [6.45, 7) is 0.329. The van der Waals surface area contributed by atoms with E-state index in [9.17, 15) is 19.7 Å². The third kappa shape index (κ3) is 3.07. The molecular weight excluding hydrogens is 280 g/mol. The van der Waals surface area contributed by atoms with E-state index in [0.29, 0.717) is 5.57 Å². The summed E-state index contributed by atoms with van der Waals surface area (Å²) in [4.78, 5) is 32.7. The Kier molecular flexibility index (Phi) is 4.32. The molecule has 1 aromatic carbocycles. The highest BCUT2D eigenvalue weighted by Crippen LogP contribution is 2.28. The van der Waals surface area contributed by atoms with Crippen molar-refractivity contribution in [1.29, 1.82) is 0 Å². The topological polar surface area (TPSA) is 108 Å². The number of nitro groups is 1. The fraction of sp³-hybridized carbons (Fsp3) is 0.308. The van der Waals surface area contributed by atoms with Crippen LogP contribution in [0.2, 0.25) is 0 Å². The highest BCUT2D eigenvalue weighted by atomic mass is 16.6. The molecule has 8 heteroatoms. The lowest BCUT2D eigenvalue weighted by atomic mass is 10.1. The van der Waals surface area contributed by atoms with Gasteiger partial charge in [0, 0.05) is 6.07 Å². The van der Waals surface area contributed by atoms with Gasteiger partial charge < -0.3 is 14.8 Å². The molecule has 0 bridgehead atoms. The molecule has 1 aromatic rings. The lowest BCUT2D eigenvalue weighted by Crippen LogP contribution is -2.22. The molecule has 1 aliphatic rings. The standard InChI is InChI=1S/C13H12N2O6/c1-20-13(17)8-2-3-12(15(18)19)10(4-8)14-11-7-21-6-9(11)5-16/h2-4,11,14H,6-7H2,1H3. The Balaban J connectivity index is 2.37. The highest BCUT2D eigenvalue weighted by Gasteiger charge is 2.26. The van der Waals surface area contributed by atoms with Crippen LogP contribution in [0.1, 0.15) is 10.4 Å². The molecule has 2 rings (SSSR count). The number of hydrogen-bond acceptors (Lipinski definition) is 7. The van der Waals surface area contributed by atoms with Crippen molar-refractivity contribution in [2.75, 3.05) is 25.6 Å². The van der Waals surface area contributed by atoms with Gasteiger partial charge in [0.05, 0.1) is 42.4 Å². The van der Waals surface area contributed by atoms with Crippen LogP contribution in [0.25, 0.3) is 0 Å². The first kappa shape index (κ1) is 14.7. The van der Waals surface area contributed by atoms with E-state index in [1.165, 1.54) is 25.3 Å². The van der Waals surface area contributed by atoms with Gasteiger partial charge >= 0.3 is 5.97 Å². The molecule has 110 valence electrons. The first-order chi connectivity index (χ1) is 10.1. The van der Waals surface area contributed by atoms with Crippen molar-refractivity contribution >= 4 is 23.3 Å². The van der Waals surface area contributed by atoms with Gasteiger partial charge in [-0.15, -0.1) is 0 Å². The predicted molar refractivity (Wildman–Crippen MR) is 71.9 cm³/mol. The molecular formula is C13H12N2O6. The largest absolute Gasteiger partial charge is 0.465 e. The van der Waals surface area contributed by atoms with Crippen LogP contribution in [0.4, 0.5) is 11.4 Å². The van der Waals surface area contributed by atoms with E-state index in [1.807, 2.05) is 0 Å². The Morgan fingerprint density at radius 2 is 2.33 bits per heavy atom. The summed E-state index contributed by atoms with van der Waals surface area (Å²) < 4.78 is 9.68. The fourth-order valence-corrected chi connectivity index (χ4v) is 1.96. The molecule has 1 fully saturated rings. The van der Waals surface area contributed by atoms with Gasteiger partial charge in [0.15, 0.2) is 0 Å². The Bertz CT molecular complexity index is 636. The molecule has 0 radical (unpaired) electrons. The number of ether oxygens (including phenoxy) is 2. The van der Waals surface area contributed by atoms with Gasteiger partial charge in [-0.2, -0.15) is 0 Å². The van der Waals surface area contributed by atoms with Crippen LogP contribution in [-0.2, 0) is 14.3 Å². The molecule has 1 heterocycles. The normalized spacial score (nSPS) is 17.2. The zero-order valence-electron chi connectivity index (χ0n) is 11.1. The second-order valence-corrected chi connectivity index (χ2v) is 4.32. The summed E-state index contributed by atoms with van der Waals surface area (Å²) in [5.74, 6) is 1.14. The van der Waals surface area contributed by atoms with Crippen LogP contribution >= 0.6 is 0 Å². The number of rotatable bonds is 4. The molecule has 0 spiro atoms. The zero-order valence-corrected chi connectivity index (χ0v) is 11.1. The second-order valence-electron chi connectivity index (χ2n) is 4.32. The molecule has 0 aromatic heterocycles. The van der Waals surface area contributed by atoms with Gasteiger partial charge in [-0.3, -0.25) is 10.1 Å². The smallest absolute Gasteiger partial charge is 0.337 e. The third-order valence-corrected chi connectivity index (χ3v) is 3.04. The van der Waals surface area contributed by atoms with E-state index in [0.717, 1.165) is 0 Å². The van der Waals surface area contributed by atoms with Crippen LogP contribution in [0.5, 0.6) is 0 Å². The van der Waals surface area contributed by atoms with Gasteiger partial charge in [-0.1, -0.05) is 0 Å². The average Bonchev–Trinajstić information content (AvgIpc) is 2.93. The summed E-state index contributed by atoms with van der Waals surface area (Å²) in [6, 6.07) is 3.31. The number of anilines is 1. The van der Waals surface area contributed by atoms with Crippen LogP contribution in [0.3, 0.4) is 0 Å². The van der Waals surface area contributed by atoms with Gasteiger partial charge in [0.2, 0.25) is 0 Å². The van der Waals surface area contributed by atoms with E-state index >= 15 is 0 Å². The number of benzene rings is 1. The molecule has 1 unspecified atom stereocenters. The minimum atomic E-state index is -0.609. The number of nitrogens with zero attached hydrogens (tertiary/aromatic N) is 1. The number of carbonyl (C=O) groups is 1. The minimum Gasteiger partial charge on any atom is -0.465 e. The van der Waals surface area contributed by atoms with E-state index in [-0.39, 0.29) is 30.2 Å². The van der Waals surface area contributed by atoms with Crippen molar-refractivity contribution < 1.29 is 24.0 Å². The van der Waals surface area contributed by atoms with E-state index in [1.54, 1.807) is 5.94 Å². The SMILES string of the molecule is COC(=O)c1ccc([N+](=O)[O-])c(NC2COCC2=C=O)c1. The van der Waals surface area contributed by atoms with Crippen molar-refractivity contribution in [3.8, 4) is 0 Å². The maximum atomic E-state index is 11.5. The van der Waals surface area contributed by atoms with E-state index < -0.39 is 16.9 Å². The van der Waals surface area contributed by atoms with Crippen molar-refractivity contribution in [2.45, 2.75) is 6.04 Å². The molecule has 1 saturated heterocycles. The van der Waals surface area contributed by atoms with Gasteiger partial charge in [0.25, 0.3) is 5.69 Å². The number of carbonyl (C=O) groups excluding carboxylic acids is 2. The lowest BCUT2D eigenvalue weighted by molar-refractivity contribution is -0.384. The lowest BCUT2D eigenvalue weighted by Gasteiger charge is -2.13. The monoisotopic (exact) mass is 292 g/mol. The van der Waals surface area contributed by atoms with Crippen molar-refractivity contribution in [1.82, 2.24) is 0 Å².